The lowest BCUT2D eigenvalue weighted by Gasteiger charge is -2.34. The molecule has 0 aromatic rings. The van der Waals surface area contributed by atoms with Crippen molar-refractivity contribution in [2.45, 2.75) is 32.2 Å². The smallest absolute Gasteiger partial charge is 0.332 e. The van der Waals surface area contributed by atoms with Gasteiger partial charge in [-0.3, -0.25) is 20.0 Å². The van der Waals surface area contributed by atoms with Crippen LogP contribution in [0.15, 0.2) is 5.16 Å². The van der Waals surface area contributed by atoms with Crippen LogP contribution in [0.2, 0.25) is 0 Å². The van der Waals surface area contributed by atoms with Gasteiger partial charge in [0.15, 0.2) is 5.84 Å². The average Bonchev–Trinajstić information content (AvgIpc) is 3.09. The van der Waals surface area contributed by atoms with Gasteiger partial charge in [-0.25, -0.2) is 4.79 Å². The second-order valence-electron chi connectivity index (χ2n) is 4.14. The van der Waals surface area contributed by atoms with Crippen LogP contribution in [0.5, 0.6) is 0 Å². The second-order valence-corrected chi connectivity index (χ2v) is 4.14. The van der Waals surface area contributed by atoms with Gasteiger partial charge in [0.1, 0.15) is 0 Å². The Labute approximate surface area is 98.2 Å². The molecule has 0 bridgehead atoms. The van der Waals surface area contributed by atoms with Crippen molar-refractivity contribution in [3.05, 3.63) is 0 Å². The fourth-order valence-electron chi connectivity index (χ4n) is 1.83. The molecule has 1 heterocycles. The molecule has 7 nitrogen and oxygen atoms in total. The predicted octanol–water partition coefficient (Wildman–Crippen LogP) is 0.630. The van der Waals surface area contributed by atoms with E-state index in [-0.39, 0.29) is 17.6 Å². The van der Waals surface area contributed by atoms with E-state index in [4.69, 9.17) is 10.6 Å². The Bertz CT molecular complexity index is 414. The van der Waals surface area contributed by atoms with Crippen molar-refractivity contribution in [1.29, 1.82) is 5.41 Å². The van der Waals surface area contributed by atoms with Crippen LogP contribution in [-0.2, 0) is 4.79 Å². The van der Waals surface area contributed by atoms with Gasteiger partial charge in [-0.05, 0) is 19.3 Å². The minimum absolute atomic E-state index is 0.0980. The van der Waals surface area contributed by atoms with E-state index in [1.54, 1.807) is 0 Å². The number of urea groups is 1. The molecule has 92 valence electrons. The van der Waals surface area contributed by atoms with Crippen molar-refractivity contribution in [3.8, 4) is 0 Å². The van der Waals surface area contributed by atoms with E-state index in [2.05, 4.69) is 5.16 Å². The maximum Gasteiger partial charge on any atom is 0.332 e. The van der Waals surface area contributed by atoms with Gasteiger partial charge in [-0.2, -0.15) is 0 Å². The summed E-state index contributed by atoms with van der Waals surface area (Å²) >= 11 is 0. The summed E-state index contributed by atoms with van der Waals surface area (Å²) < 4.78 is 0. The number of nitrogens with zero attached hydrogens (tertiary/aromatic N) is 3. The van der Waals surface area contributed by atoms with Gasteiger partial charge in [0.2, 0.25) is 5.71 Å². The first-order valence-electron chi connectivity index (χ1n) is 5.57. The molecule has 0 aromatic carbocycles. The molecule has 17 heavy (non-hydrogen) atoms. The third kappa shape index (κ3) is 1.77. The molecule has 0 spiro atoms. The molecule has 1 aliphatic heterocycles. The Kier molecular flexibility index (Phi) is 2.83. The normalized spacial score (nSPS) is 23.8. The number of rotatable bonds is 3. The van der Waals surface area contributed by atoms with Crippen molar-refractivity contribution in [2.24, 2.45) is 5.16 Å². The highest BCUT2D eigenvalue weighted by Crippen LogP contribution is 2.30. The summed E-state index contributed by atoms with van der Waals surface area (Å²) in [7, 11) is 0. The van der Waals surface area contributed by atoms with E-state index in [9.17, 15) is 9.59 Å². The Hall–Kier alpha value is -1.92. The number of nitrogens with one attached hydrogen (secondary N) is 1. The van der Waals surface area contributed by atoms with Gasteiger partial charge in [0, 0.05) is 12.6 Å². The van der Waals surface area contributed by atoms with E-state index in [0.717, 1.165) is 17.7 Å². The molecule has 0 unspecified atom stereocenters. The number of hydrogen-bond donors (Lipinski definition) is 2. The van der Waals surface area contributed by atoms with E-state index >= 15 is 0 Å². The number of carbonyl (C=O) groups excluding carboxylic acids is 2. The molecule has 2 rings (SSSR count). The molecule has 7 heteroatoms. The lowest BCUT2D eigenvalue weighted by molar-refractivity contribution is -0.122. The Morgan fingerprint density at radius 1 is 1.47 bits per heavy atom. The predicted molar refractivity (Wildman–Crippen MR) is 59.2 cm³/mol. The SMILES string of the molecule is CCCN1C(=N)/C(=N\O)C(=O)N(C2CC2)C1=O. The fourth-order valence-corrected chi connectivity index (χ4v) is 1.83. The lowest BCUT2D eigenvalue weighted by atomic mass is 10.2. The molecule has 2 fully saturated rings. The molecule has 0 radical (unpaired) electrons. The standard InChI is InChI=1S/C10H14N4O3/c1-2-5-13-8(11)7(12-17)9(15)14(10(13)16)6-3-4-6/h6,11,17H,2-5H2,1H3/b11-8?,12-7+. The Balaban J connectivity index is 2.33. The summed E-state index contributed by atoms with van der Waals surface area (Å²) in [6.45, 7) is 2.21. The van der Waals surface area contributed by atoms with Crippen LogP contribution in [-0.4, -0.2) is 51.1 Å². The van der Waals surface area contributed by atoms with E-state index < -0.39 is 11.9 Å². The average molecular weight is 238 g/mol. The summed E-state index contributed by atoms with van der Waals surface area (Å²) in [6, 6.07) is -0.573. The number of oxime groups is 1. The number of amidine groups is 1. The summed E-state index contributed by atoms with van der Waals surface area (Å²) in [5.74, 6) is -0.987. The van der Waals surface area contributed by atoms with Gasteiger partial charge >= 0.3 is 6.03 Å². The minimum Gasteiger partial charge on any atom is -0.410 e. The third-order valence-corrected chi connectivity index (χ3v) is 2.81. The highest BCUT2D eigenvalue weighted by molar-refractivity contribution is 6.69. The van der Waals surface area contributed by atoms with E-state index in [1.807, 2.05) is 6.92 Å². The van der Waals surface area contributed by atoms with Gasteiger partial charge in [-0.1, -0.05) is 12.1 Å². The highest BCUT2D eigenvalue weighted by atomic mass is 16.4. The van der Waals surface area contributed by atoms with Crippen LogP contribution in [0.4, 0.5) is 4.79 Å². The maximum atomic E-state index is 12.0. The minimum atomic E-state index is -0.669. The fraction of sp³-hybridized carbons (Fsp3) is 0.600. The number of amides is 3. The maximum absolute atomic E-state index is 12.0. The first-order valence-corrected chi connectivity index (χ1v) is 5.57. The van der Waals surface area contributed by atoms with Crippen molar-refractivity contribution < 1.29 is 14.8 Å². The van der Waals surface area contributed by atoms with Gasteiger partial charge < -0.3 is 5.21 Å². The Morgan fingerprint density at radius 3 is 2.59 bits per heavy atom. The van der Waals surface area contributed by atoms with Crippen molar-refractivity contribution in [1.82, 2.24) is 9.80 Å². The molecule has 2 aliphatic rings. The van der Waals surface area contributed by atoms with Gasteiger partial charge in [0.25, 0.3) is 5.91 Å². The van der Waals surface area contributed by atoms with Crippen molar-refractivity contribution in [2.75, 3.05) is 6.54 Å². The summed E-state index contributed by atoms with van der Waals surface area (Å²) in [6.07, 6.45) is 2.23. The van der Waals surface area contributed by atoms with Gasteiger partial charge in [0.05, 0.1) is 0 Å². The molecule has 0 aromatic heterocycles. The topological polar surface area (TPSA) is 97.1 Å². The van der Waals surface area contributed by atoms with Crippen LogP contribution in [0.1, 0.15) is 26.2 Å². The molecule has 1 saturated heterocycles. The summed E-state index contributed by atoms with van der Waals surface area (Å²) in [5.41, 5.74) is -0.357. The highest BCUT2D eigenvalue weighted by Gasteiger charge is 2.47. The van der Waals surface area contributed by atoms with Crippen LogP contribution in [0, 0.1) is 5.41 Å². The van der Waals surface area contributed by atoms with Crippen LogP contribution in [0.3, 0.4) is 0 Å². The molecule has 3 amide bonds. The van der Waals surface area contributed by atoms with Gasteiger partial charge in [-0.15, -0.1) is 0 Å². The molecule has 0 atom stereocenters. The summed E-state index contributed by atoms with van der Waals surface area (Å²) in [5, 5.41) is 19.3. The first kappa shape index (κ1) is 11.6. The molecule has 1 aliphatic carbocycles. The molecule has 2 N–H and O–H groups in total. The van der Waals surface area contributed by atoms with E-state index in [0.29, 0.717) is 13.0 Å². The largest absolute Gasteiger partial charge is 0.410 e. The zero-order valence-electron chi connectivity index (χ0n) is 9.51. The molecular weight excluding hydrogens is 224 g/mol. The van der Waals surface area contributed by atoms with Crippen molar-refractivity contribution >= 4 is 23.5 Å². The quantitative estimate of drug-likeness (QED) is 0.557. The number of carbonyl (C=O) groups is 2. The third-order valence-electron chi connectivity index (χ3n) is 2.81. The van der Waals surface area contributed by atoms with Crippen LogP contribution >= 0.6 is 0 Å². The van der Waals surface area contributed by atoms with Crippen molar-refractivity contribution in [3.63, 3.8) is 0 Å². The zero-order valence-corrected chi connectivity index (χ0v) is 9.51. The Morgan fingerprint density at radius 2 is 2.12 bits per heavy atom. The monoisotopic (exact) mass is 238 g/mol. The molecule has 1 saturated carbocycles. The first-order chi connectivity index (χ1) is 8.11. The van der Waals surface area contributed by atoms with Crippen LogP contribution < -0.4 is 0 Å². The zero-order chi connectivity index (χ0) is 12.6. The second kappa shape index (κ2) is 4.15. The number of hydrogen-bond acceptors (Lipinski definition) is 5. The lowest BCUT2D eigenvalue weighted by Crippen LogP contribution is -2.60. The number of imide groups is 1. The van der Waals surface area contributed by atoms with Crippen LogP contribution in [0.25, 0.3) is 0 Å². The van der Waals surface area contributed by atoms with E-state index in [1.165, 1.54) is 4.90 Å². The summed E-state index contributed by atoms with van der Waals surface area (Å²) in [4.78, 5) is 26.2. The molecular formula is C10H14N4O3.